The smallest absolute Gasteiger partial charge is 0.256 e. The van der Waals surface area contributed by atoms with Crippen molar-refractivity contribution in [2.24, 2.45) is 5.92 Å². The highest BCUT2D eigenvalue weighted by Crippen LogP contribution is 2.23. The standard InChI is InChI=1S/C20H23N5O3S/c1-13-14(2)21-12-25(20(13)27)10-18(26)24-6-3-4-15(9-24)8-17-22-19(23-28-17)16-5-7-29-11-16/h5,7,11-12,15H,3-4,6,8-10H2,1-2H3/t15-/m0/s1. The van der Waals surface area contributed by atoms with Gasteiger partial charge < -0.3 is 9.42 Å². The molecule has 1 atom stereocenters. The Hall–Kier alpha value is -2.81. The molecule has 4 rings (SSSR count). The number of amides is 1. The summed E-state index contributed by atoms with van der Waals surface area (Å²) < 4.78 is 6.80. The number of rotatable bonds is 5. The molecule has 0 radical (unpaired) electrons. The van der Waals surface area contributed by atoms with Crippen LogP contribution in [0, 0.1) is 19.8 Å². The zero-order valence-corrected chi connectivity index (χ0v) is 17.3. The molecule has 1 fully saturated rings. The van der Waals surface area contributed by atoms with Gasteiger partial charge in [-0.1, -0.05) is 5.16 Å². The van der Waals surface area contributed by atoms with Gasteiger partial charge in [-0.25, -0.2) is 4.98 Å². The van der Waals surface area contributed by atoms with Gasteiger partial charge in [-0.05, 0) is 44.1 Å². The van der Waals surface area contributed by atoms with Crippen molar-refractivity contribution in [1.82, 2.24) is 24.6 Å². The highest BCUT2D eigenvalue weighted by molar-refractivity contribution is 7.08. The van der Waals surface area contributed by atoms with E-state index in [4.69, 9.17) is 4.52 Å². The molecule has 0 saturated carbocycles. The maximum absolute atomic E-state index is 12.8. The minimum atomic E-state index is -0.161. The van der Waals surface area contributed by atoms with Crippen LogP contribution in [0.2, 0.25) is 0 Å². The van der Waals surface area contributed by atoms with Gasteiger partial charge in [0.1, 0.15) is 6.54 Å². The molecule has 3 aromatic heterocycles. The number of aromatic nitrogens is 4. The van der Waals surface area contributed by atoms with Gasteiger partial charge in [0.2, 0.25) is 17.6 Å². The van der Waals surface area contributed by atoms with Crippen LogP contribution in [0.5, 0.6) is 0 Å². The number of carbonyl (C=O) groups excluding carboxylic acids is 1. The van der Waals surface area contributed by atoms with E-state index in [1.165, 1.54) is 10.9 Å². The number of hydrogen-bond acceptors (Lipinski definition) is 7. The zero-order valence-electron chi connectivity index (χ0n) is 16.5. The summed E-state index contributed by atoms with van der Waals surface area (Å²) in [6.45, 7) is 4.87. The Kier molecular flexibility index (Phi) is 5.57. The fraction of sp³-hybridized carbons (Fsp3) is 0.450. The molecule has 0 unspecified atom stereocenters. The minimum absolute atomic E-state index is 0.0164. The normalized spacial score (nSPS) is 16.9. The lowest BCUT2D eigenvalue weighted by atomic mass is 9.94. The zero-order chi connectivity index (χ0) is 20.4. The van der Waals surface area contributed by atoms with E-state index in [9.17, 15) is 9.59 Å². The van der Waals surface area contributed by atoms with E-state index in [1.54, 1.807) is 25.2 Å². The van der Waals surface area contributed by atoms with Gasteiger partial charge in [-0.3, -0.25) is 14.2 Å². The van der Waals surface area contributed by atoms with E-state index in [0.29, 0.717) is 42.5 Å². The van der Waals surface area contributed by atoms with Crippen LogP contribution in [0.1, 0.15) is 30.0 Å². The van der Waals surface area contributed by atoms with Gasteiger partial charge >= 0.3 is 0 Å². The summed E-state index contributed by atoms with van der Waals surface area (Å²) in [5.74, 6) is 1.40. The quantitative estimate of drug-likeness (QED) is 0.638. The predicted molar refractivity (Wildman–Crippen MR) is 109 cm³/mol. The summed E-state index contributed by atoms with van der Waals surface area (Å²) in [4.78, 5) is 35.6. The van der Waals surface area contributed by atoms with Gasteiger partial charge in [-0.2, -0.15) is 16.3 Å². The molecular formula is C20H23N5O3S. The van der Waals surface area contributed by atoms with Crippen molar-refractivity contribution < 1.29 is 9.32 Å². The molecule has 0 N–H and O–H groups in total. The summed E-state index contributed by atoms with van der Waals surface area (Å²) in [7, 11) is 0. The molecule has 1 saturated heterocycles. The topological polar surface area (TPSA) is 94.1 Å². The second kappa shape index (κ2) is 8.28. The van der Waals surface area contributed by atoms with Crippen LogP contribution in [0.15, 0.2) is 32.5 Å². The largest absolute Gasteiger partial charge is 0.341 e. The second-order valence-electron chi connectivity index (χ2n) is 7.46. The van der Waals surface area contributed by atoms with Crippen LogP contribution in [0.25, 0.3) is 11.4 Å². The minimum Gasteiger partial charge on any atom is -0.341 e. The first kappa shape index (κ1) is 19.5. The van der Waals surface area contributed by atoms with Crippen LogP contribution < -0.4 is 5.56 Å². The molecule has 1 aliphatic rings. The van der Waals surface area contributed by atoms with E-state index in [1.807, 2.05) is 21.7 Å². The Balaban J connectivity index is 1.39. The van der Waals surface area contributed by atoms with E-state index >= 15 is 0 Å². The number of aryl methyl sites for hydroxylation is 1. The summed E-state index contributed by atoms with van der Waals surface area (Å²) in [6.07, 6.45) is 4.02. The first-order chi connectivity index (χ1) is 14.0. The Morgan fingerprint density at radius 3 is 3.03 bits per heavy atom. The van der Waals surface area contributed by atoms with Gasteiger partial charge in [0.15, 0.2) is 0 Å². The first-order valence-electron chi connectivity index (χ1n) is 9.67. The molecule has 1 amide bonds. The van der Waals surface area contributed by atoms with E-state index in [2.05, 4.69) is 15.1 Å². The van der Waals surface area contributed by atoms with Gasteiger partial charge in [0.25, 0.3) is 5.56 Å². The summed E-state index contributed by atoms with van der Waals surface area (Å²) in [6, 6.07) is 1.96. The predicted octanol–water partition coefficient (Wildman–Crippen LogP) is 2.45. The molecule has 29 heavy (non-hydrogen) atoms. The van der Waals surface area contributed by atoms with Crippen LogP contribution in [-0.4, -0.2) is 43.6 Å². The molecule has 4 heterocycles. The highest BCUT2D eigenvalue weighted by Gasteiger charge is 2.26. The van der Waals surface area contributed by atoms with Crippen LogP contribution in [-0.2, 0) is 17.8 Å². The van der Waals surface area contributed by atoms with Crippen molar-refractivity contribution >= 4 is 17.2 Å². The molecule has 152 valence electrons. The van der Waals surface area contributed by atoms with Gasteiger partial charge in [0, 0.05) is 41.7 Å². The fourth-order valence-electron chi connectivity index (χ4n) is 3.59. The summed E-state index contributed by atoms with van der Waals surface area (Å²) >= 11 is 1.59. The molecule has 0 aromatic carbocycles. The Labute approximate surface area is 172 Å². The van der Waals surface area contributed by atoms with Crippen molar-refractivity contribution in [2.75, 3.05) is 13.1 Å². The number of likely N-dealkylation sites (tertiary alicyclic amines) is 1. The van der Waals surface area contributed by atoms with Crippen molar-refractivity contribution in [1.29, 1.82) is 0 Å². The van der Waals surface area contributed by atoms with E-state index in [0.717, 1.165) is 18.4 Å². The Bertz CT molecular complexity index is 1060. The Morgan fingerprint density at radius 2 is 2.24 bits per heavy atom. The van der Waals surface area contributed by atoms with Gasteiger partial charge in [0.05, 0.1) is 6.33 Å². The summed E-state index contributed by atoms with van der Waals surface area (Å²) in [5, 5.41) is 8.02. The fourth-order valence-corrected chi connectivity index (χ4v) is 4.22. The lowest BCUT2D eigenvalue weighted by Crippen LogP contribution is -2.43. The monoisotopic (exact) mass is 413 g/mol. The third kappa shape index (κ3) is 4.29. The molecule has 9 heteroatoms. The van der Waals surface area contributed by atoms with Crippen molar-refractivity contribution in [3.63, 3.8) is 0 Å². The highest BCUT2D eigenvalue weighted by atomic mass is 32.1. The average molecular weight is 414 g/mol. The maximum atomic E-state index is 12.8. The average Bonchev–Trinajstić information content (AvgIpc) is 3.40. The Morgan fingerprint density at radius 1 is 1.38 bits per heavy atom. The molecular weight excluding hydrogens is 390 g/mol. The SMILES string of the molecule is Cc1ncn(CC(=O)N2CCC[C@@H](Cc3nc(-c4ccsc4)no3)C2)c(=O)c1C. The van der Waals surface area contributed by atoms with E-state index in [-0.39, 0.29) is 23.9 Å². The molecule has 1 aliphatic heterocycles. The maximum Gasteiger partial charge on any atom is 0.256 e. The molecule has 0 spiro atoms. The third-order valence-electron chi connectivity index (χ3n) is 5.40. The van der Waals surface area contributed by atoms with Crippen molar-refractivity contribution in [2.45, 2.75) is 39.7 Å². The van der Waals surface area contributed by atoms with Gasteiger partial charge in [-0.15, -0.1) is 0 Å². The number of carbonyl (C=O) groups is 1. The number of hydrogen-bond donors (Lipinski definition) is 0. The van der Waals surface area contributed by atoms with E-state index < -0.39 is 0 Å². The molecule has 0 bridgehead atoms. The van der Waals surface area contributed by atoms with Crippen molar-refractivity contribution in [3.05, 3.63) is 50.7 Å². The number of thiophene rings is 1. The second-order valence-corrected chi connectivity index (χ2v) is 8.24. The van der Waals surface area contributed by atoms with Crippen LogP contribution in [0.4, 0.5) is 0 Å². The number of nitrogens with zero attached hydrogens (tertiary/aromatic N) is 5. The first-order valence-corrected chi connectivity index (χ1v) is 10.6. The summed E-state index contributed by atoms with van der Waals surface area (Å²) in [5.41, 5.74) is 2.07. The molecule has 8 nitrogen and oxygen atoms in total. The molecule has 0 aliphatic carbocycles. The third-order valence-corrected chi connectivity index (χ3v) is 6.09. The molecule has 3 aromatic rings. The lowest BCUT2D eigenvalue weighted by molar-refractivity contribution is -0.133. The van der Waals surface area contributed by atoms with Crippen LogP contribution >= 0.6 is 11.3 Å². The van der Waals surface area contributed by atoms with Crippen molar-refractivity contribution in [3.8, 4) is 11.4 Å². The number of piperidine rings is 1. The van der Waals surface area contributed by atoms with Crippen LogP contribution in [0.3, 0.4) is 0 Å². The lowest BCUT2D eigenvalue weighted by Gasteiger charge is -2.32.